The number of nitrogens with zero attached hydrogens (tertiary/aromatic N) is 4. The van der Waals surface area contributed by atoms with E-state index in [0.717, 1.165) is 54.4 Å². The highest BCUT2D eigenvalue weighted by Crippen LogP contribution is 2.34. The Balaban J connectivity index is 1.47. The number of rotatable bonds is 6. The van der Waals surface area contributed by atoms with Crippen molar-refractivity contribution >= 4 is 17.1 Å². The second-order valence-corrected chi connectivity index (χ2v) is 8.31. The van der Waals surface area contributed by atoms with E-state index in [9.17, 15) is 4.79 Å². The maximum atomic E-state index is 11.6. The standard InChI is InChI=1S/C23H28N6O3/c1-15(17-12-22(30)25-13-17)32-23-20-5-6-26-29(20)14-18(27-23)16-3-4-19(21(11-16)31-2)28-9-7-24-8-10-28/h3-6,11,14-15,17,24H,7-10,12-13H2,1-2H3,(H,25,30)/t15-,17?/m1/s1. The summed E-state index contributed by atoms with van der Waals surface area (Å²) in [6, 6.07) is 8.05. The Morgan fingerprint density at radius 3 is 2.81 bits per heavy atom. The molecule has 2 aliphatic heterocycles. The maximum Gasteiger partial charge on any atom is 0.240 e. The highest BCUT2D eigenvalue weighted by molar-refractivity contribution is 5.78. The summed E-state index contributed by atoms with van der Waals surface area (Å²) in [7, 11) is 1.70. The zero-order chi connectivity index (χ0) is 22.1. The number of benzene rings is 1. The van der Waals surface area contributed by atoms with Gasteiger partial charge in [0.15, 0.2) is 0 Å². The fourth-order valence-electron chi connectivity index (χ4n) is 4.36. The smallest absolute Gasteiger partial charge is 0.240 e. The predicted octanol–water partition coefficient (Wildman–Crippen LogP) is 1.72. The number of hydrogen-bond donors (Lipinski definition) is 2. The van der Waals surface area contributed by atoms with Crippen LogP contribution in [0, 0.1) is 5.92 Å². The molecule has 0 spiro atoms. The van der Waals surface area contributed by atoms with Crippen molar-refractivity contribution in [2.24, 2.45) is 5.92 Å². The van der Waals surface area contributed by atoms with Crippen LogP contribution in [0.2, 0.25) is 0 Å². The largest absolute Gasteiger partial charge is 0.495 e. The van der Waals surface area contributed by atoms with Gasteiger partial charge in [0.05, 0.1) is 30.9 Å². The molecule has 5 rings (SSSR count). The number of nitrogens with one attached hydrogen (secondary N) is 2. The van der Waals surface area contributed by atoms with Gasteiger partial charge in [-0.3, -0.25) is 4.79 Å². The SMILES string of the molecule is COc1cc(-c2cn3nccc3c(O[C@H](C)C3CNC(=O)C3)n2)ccc1N1CCNCC1. The molecule has 32 heavy (non-hydrogen) atoms. The van der Waals surface area contributed by atoms with Gasteiger partial charge in [-0.05, 0) is 25.1 Å². The molecular formula is C23H28N6O3. The molecule has 1 unspecified atom stereocenters. The molecule has 1 aromatic carbocycles. The summed E-state index contributed by atoms with van der Waals surface area (Å²) in [5, 5.41) is 10.7. The summed E-state index contributed by atoms with van der Waals surface area (Å²) in [5.41, 5.74) is 3.55. The van der Waals surface area contributed by atoms with Crippen LogP contribution in [0.4, 0.5) is 5.69 Å². The second-order valence-electron chi connectivity index (χ2n) is 8.31. The molecule has 9 heteroatoms. The molecule has 4 heterocycles. The van der Waals surface area contributed by atoms with Gasteiger partial charge in [-0.25, -0.2) is 9.50 Å². The van der Waals surface area contributed by atoms with Gasteiger partial charge in [0, 0.05) is 50.6 Å². The summed E-state index contributed by atoms with van der Waals surface area (Å²) >= 11 is 0. The van der Waals surface area contributed by atoms with E-state index in [1.54, 1.807) is 17.8 Å². The molecule has 1 amide bonds. The van der Waals surface area contributed by atoms with E-state index in [0.29, 0.717) is 18.8 Å². The maximum absolute atomic E-state index is 11.6. The second kappa shape index (κ2) is 8.66. The molecule has 0 bridgehead atoms. The number of methoxy groups -OCH3 is 1. The van der Waals surface area contributed by atoms with Crippen molar-refractivity contribution in [1.82, 2.24) is 25.2 Å². The molecule has 2 fully saturated rings. The Bertz CT molecular complexity index is 1120. The van der Waals surface area contributed by atoms with Crippen LogP contribution in [0.1, 0.15) is 13.3 Å². The number of piperazine rings is 1. The lowest BCUT2D eigenvalue weighted by Gasteiger charge is -2.30. The molecule has 3 aromatic rings. The first kappa shape index (κ1) is 20.6. The van der Waals surface area contributed by atoms with E-state index >= 15 is 0 Å². The zero-order valence-electron chi connectivity index (χ0n) is 18.4. The van der Waals surface area contributed by atoms with Gasteiger partial charge in [0.2, 0.25) is 11.8 Å². The quantitative estimate of drug-likeness (QED) is 0.608. The van der Waals surface area contributed by atoms with Crippen LogP contribution >= 0.6 is 0 Å². The number of anilines is 1. The van der Waals surface area contributed by atoms with Crippen LogP contribution in [-0.2, 0) is 4.79 Å². The van der Waals surface area contributed by atoms with Gasteiger partial charge >= 0.3 is 0 Å². The summed E-state index contributed by atoms with van der Waals surface area (Å²) in [4.78, 5) is 18.8. The van der Waals surface area contributed by atoms with E-state index in [4.69, 9.17) is 14.5 Å². The van der Waals surface area contributed by atoms with Gasteiger partial charge in [0.1, 0.15) is 17.4 Å². The third-order valence-corrected chi connectivity index (χ3v) is 6.26. The third-order valence-electron chi connectivity index (χ3n) is 6.26. The lowest BCUT2D eigenvalue weighted by Crippen LogP contribution is -2.43. The van der Waals surface area contributed by atoms with Crippen molar-refractivity contribution < 1.29 is 14.3 Å². The number of aromatic nitrogens is 3. The van der Waals surface area contributed by atoms with Gasteiger partial charge in [-0.15, -0.1) is 0 Å². The Morgan fingerprint density at radius 1 is 1.22 bits per heavy atom. The Morgan fingerprint density at radius 2 is 2.06 bits per heavy atom. The van der Waals surface area contributed by atoms with Crippen LogP contribution in [-0.4, -0.2) is 66.4 Å². The number of carbonyl (C=O) groups is 1. The summed E-state index contributed by atoms with van der Waals surface area (Å²) in [6.07, 6.45) is 3.95. The minimum absolute atomic E-state index is 0.0679. The monoisotopic (exact) mass is 436 g/mol. The molecule has 2 N–H and O–H groups in total. The molecule has 0 saturated carbocycles. The lowest BCUT2D eigenvalue weighted by atomic mass is 10.0. The average molecular weight is 437 g/mol. The van der Waals surface area contributed by atoms with Crippen LogP contribution in [0.5, 0.6) is 11.6 Å². The average Bonchev–Trinajstić information content (AvgIpc) is 3.48. The number of amides is 1. The minimum Gasteiger partial charge on any atom is -0.495 e. The number of hydrogen-bond acceptors (Lipinski definition) is 7. The van der Waals surface area contributed by atoms with E-state index in [1.165, 1.54) is 0 Å². The first-order valence-corrected chi connectivity index (χ1v) is 11.0. The van der Waals surface area contributed by atoms with Crippen LogP contribution in [0.25, 0.3) is 16.8 Å². The van der Waals surface area contributed by atoms with E-state index in [1.807, 2.05) is 25.3 Å². The fraction of sp³-hybridized carbons (Fsp3) is 0.435. The molecule has 168 valence electrons. The van der Waals surface area contributed by atoms with Crippen molar-refractivity contribution in [3.63, 3.8) is 0 Å². The van der Waals surface area contributed by atoms with Crippen molar-refractivity contribution in [1.29, 1.82) is 0 Å². The van der Waals surface area contributed by atoms with Gasteiger partial charge in [-0.2, -0.15) is 5.10 Å². The fourth-order valence-corrected chi connectivity index (χ4v) is 4.36. The zero-order valence-corrected chi connectivity index (χ0v) is 18.4. The third kappa shape index (κ3) is 3.95. The molecule has 0 radical (unpaired) electrons. The molecule has 0 aliphatic carbocycles. The number of carbonyl (C=O) groups excluding carboxylic acids is 1. The molecule has 2 aliphatic rings. The van der Waals surface area contributed by atoms with Gasteiger partial charge in [-0.1, -0.05) is 6.07 Å². The van der Waals surface area contributed by atoms with Crippen molar-refractivity contribution in [2.75, 3.05) is 44.7 Å². The van der Waals surface area contributed by atoms with E-state index in [-0.39, 0.29) is 17.9 Å². The van der Waals surface area contributed by atoms with Gasteiger partial charge in [0.25, 0.3) is 0 Å². The summed E-state index contributed by atoms with van der Waals surface area (Å²) < 4.78 is 13.7. The topological polar surface area (TPSA) is 93.0 Å². The predicted molar refractivity (Wildman–Crippen MR) is 121 cm³/mol. The lowest BCUT2D eigenvalue weighted by molar-refractivity contribution is -0.119. The Hall–Kier alpha value is -3.33. The number of fused-ring (bicyclic) bond motifs is 1. The van der Waals surface area contributed by atoms with Crippen molar-refractivity contribution in [3.05, 3.63) is 36.7 Å². The Labute approximate surface area is 186 Å². The number of ether oxygens (including phenoxy) is 2. The van der Waals surface area contributed by atoms with Crippen LogP contribution in [0.3, 0.4) is 0 Å². The van der Waals surface area contributed by atoms with Gasteiger partial charge < -0.3 is 25.0 Å². The van der Waals surface area contributed by atoms with Crippen LogP contribution in [0.15, 0.2) is 36.7 Å². The summed E-state index contributed by atoms with van der Waals surface area (Å²) in [5.74, 6) is 1.52. The summed E-state index contributed by atoms with van der Waals surface area (Å²) in [6.45, 7) is 6.42. The van der Waals surface area contributed by atoms with Crippen molar-refractivity contribution in [3.8, 4) is 22.9 Å². The highest BCUT2D eigenvalue weighted by Gasteiger charge is 2.29. The molecule has 2 aromatic heterocycles. The molecule has 2 saturated heterocycles. The van der Waals surface area contributed by atoms with Crippen LogP contribution < -0.4 is 25.0 Å². The normalized spacial score (nSPS) is 19.8. The first-order valence-electron chi connectivity index (χ1n) is 11.0. The molecule has 9 nitrogen and oxygen atoms in total. The van der Waals surface area contributed by atoms with E-state index < -0.39 is 0 Å². The molecule has 2 atom stereocenters. The van der Waals surface area contributed by atoms with E-state index in [2.05, 4.69) is 32.8 Å². The molecular weight excluding hydrogens is 408 g/mol. The van der Waals surface area contributed by atoms with Crippen molar-refractivity contribution in [2.45, 2.75) is 19.4 Å². The minimum atomic E-state index is -0.153. The Kier molecular flexibility index (Phi) is 5.57. The first-order chi connectivity index (χ1) is 15.6. The highest BCUT2D eigenvalue weighted by atomic mass is 16.5.